The molecule has 0 aliphatic heterocycles. The number of carbonyl (C=O) groups is 1. The van der Waals surface area contributed by atoms with Crippen molar-refractivity contribution in [1.82, 2.24) is 4.90 Å². The first-order valence-corrected chi connectivity index (χ1v) is 17.7. The summed E-state index contributed by atoms with van der Waals surface area (Å²) in [4.78, 5) is 23.3. The summed E-state index contributed by atoms with van der Waals surface area (Å²) in [5.74, 6) is -0.139. The van der Waals surface area contributed by atoms with Crippen LogP contribution in [0.25, 0.3) is 0 Å². The minimum absolute atomic E-state index is 0.139. The summed E-state index contributed by atoms with van der Waals surface area (Å²) in [5.41, 5.74) is 0. The van der Waals surface area contributed by atoms with Crippen molar-refractivity contribution in [3.05, 3.63) is 0 Å². The fourth-order valence-electron chi connectivity index (χ4n) is 4.60. The van der Waals surface area contributed by atoms with Crippen molar-refractivity contribution in [2.75, 3.05) is 61.1 Å². The van der Waals surface area contributed by atoms with E-state index >= 15 is 0 Å². The van der Waals surface area contributed by atoms with E-state index in [4.69, 9.17) is 13.8 Å². The maximum absolute atomic E-state index is 12.5. The zero-order valence-corrected chi connectivity index (χ0v) is 28.1. The Morgan fingerprint density at radius 3 is 1.68 bits per heavy atom. The predicted molar refractivity (Wildman–Crippen MR) is 166 cm³/mol. The molecule has 1 amide bonds. The molecule has 0 saturated heterocycles. The molecule has 2 unspecified atom stereocenters. The summed E-state index contributed by atoms with van der Waals surface area (Å²) in [6.45, 7) is 5.73. The summed E-state index contributed by atoms with van der Waals surface area (Å²) in [6.07, 6.45) is 22.0. The average Bonchev–Trinajstić information content (AvgIpc) is 2.86. The number of amides is 1. The molecule has 0 spiro atoms. The third-order valence-corrected chi connectivity index (χ3v) is 8.29. The van der Waals surface area contributed by atoms with E-state index in [2.05, 4.69) is 28.1 Å². The highest BCUT2D eigenvalue weighted by Crippen LogP contribution is 2.44. The highest BCUT2D eigenvalue weighted by Gasteiger charge is 2.28. The highest BCUT2D eigenvalue weighted by atomic mass is 31.2. The van der Waals surface area contributed by atoms with Gasteiger partial charge < -0.3 is 19.0 Å². The third kappa shape index (κ3) is 27.7. The molecular weight excluding hydrogens is 527 g/mol. The van der Waals surface area contributed by atoms with Crippen molar-refractivity contribution in [2.45, 2.75) is 136 Å². The molecule has 0 aromatic carbocycles. The van der Waals surface area contributed by atoms with Crippen LogP contribution in [0, 0.1) is 0 Å². The Morgan fingerprint density at radius 1 is 0.775 bits per heavy atom. The molecule has 0 rings (SSSR count). The fraction of sp³-hybridized carbons (Fsp3) is 0.968. The summed E-state index contributed by atoms with van der Waals surface area (Å²) in [7, 11) is 3.73. The van der Waals surface area contributed by atoms with Gasteiger partial charge in [0.25, 0.3) is 0 Å². The number of hydrogen-bond donors (Lipinski definition) is 1. The molecule has 0 heterocycles. The molecule has 0 aliphatic carbocycles. The van der Waals surface area contributed by atoms with Crippen molar-refractivity contribution in [1.29, 1.82) is 0 Å². The molecule has 0 aromatic heterocycles. The van der Waals surface area contributed by atoms with Crippen LogP contribution in [0.4, 0.5) is 0 Å². The summed E-state index contributed by atoms with van der Waals surface area (Å²) >= 11 is 0. The maximum Gasteiger partial charge on any atom is 0.472 e. The first kappa shape index (κ1) is 39.5. The fourth-order valence-corrected chi connectivity index (χ4v) is 5.53. The Bertz CT molecular complexity index is 644. The number of rotatable bonds is 29. The van der Waals surface area contributed by atoms with Crippen LogP contribution >= 0.6 is 7.82 Å². The largest absolute Gasteiger partial charge is 0.472 e. The first-order chi connectivity index (χ1) is 19.0. The number of nitrogens with zero attached hydrogens (tertiary/aromatic N) is 2. The van der Waals surface area contributed by atoms with E-state index < -0.39 is 13.9 Å². The van der Waals surface area contributed by atoms with Gasteiger partial charge >= 0.3 is 7.82 Å². The number of likely N-dealkylation sites (N-methyl/N-ethyl adjacent to an activating group) is 1. The lowest BCUT2D eigenvalue weighted by atomic mass is 10.0. The Balaban J connectivity index is 3.95. The molecule has 0 radical (unpaired) electrons. The van der Waals surface area contributed by atoms with E-state index in [1.54, 1.807) is 7.05 Å². The Labute approximate surface area is 247 Å². The van der Waals surface area contributed by atoms with Crippen molar-refractivity contribution >= 4 is 13.7 Å². The normalized spacial score (nSPS) is 14.3. The Hall–Kier alpha value is -0.500. The smallest absolute Gasteiger partial charge is 0.379 e. The number of unbranched alkanes of at least 4 members (excludes halogenated alkanes) is 16. The van der Waals surface area contributed by atoms with Crippen LogP contribution in [0.3, 0.4) is 0 Å². The second-order valence-corrected chi connectivity index (χ2v) is 13.9. The lowest BCUT2D eigenvalue weighted by molar-refractivity contribution is -0.870. The van der Waals surface area contributed by atoms with Crippen LogP contribution in [0.5, 0.6) is 0 Å². The van der Waals surface area contributed by atoms with Gasteiger partial charge in [0.2, 0.25) is 5.91 Å². The summed E-state index contributed by atoms with van der Waals surface area (Å²) < 4.78 is 29.7. The van der Waals surface area contributed by atoms with Gasteiger partial charge in [-0.25, -0.2) is 4.57 Å². The zero-order valence-electron chi connectivity index (χ0n) is 27.2. The molecule has 0 saturated carbocycles. The van der Waals surface area contributed by atoms with E-state index in [-0.39, 0.29) is 25.7 Å². The summed E-state index contributed by atoms with van der Waals surface area (Å²) in [6, 6.07) is 0. The van der Waals surface area contributed by atoms with E-state index in [0.717, 1.165) is 30.3 Å². The van der Waals surface area contributed by atoms with Crippen LogP contribution in [-0.2, 0) is 23.1 Å². The Morgan fingerprint density at radius 2 is 1.23 bits per heavy atom. The standard InChI is InChI=1S/C31H65N2O6P/c1-7-8-9-10-11-12-13-14-15-16-17-18-19-20-21-23-26-37-29-31(28-32(3)30(2)34)39-40(35,36)38-27-24-22-25-33(4,5)6/h31H,7-29H2,1-6H3/p+1. The molecule has 40 heavy (non-hydrogen) atoms. The maximum atomic E-state index is 12.5. The number of hydrogen-bond acceptors (Lipinski definition) is 5. The Kier molecular flexibility index (Phi) is 24.7. The molecule has 1 N–H and O–H groups in total. The van der Waals surface area contributed by atoms with Crippen molar-refractivity contribution in [2.24, 2.45) is 0 Å². The van der Waals surface area contributed by atoms with Gasteiger partial charge in [0.1, 0.15) is 6.10 Å². The molecule has 0 aromatic rings. The van der Waals surface area contributed by atoms with Crippen LogP contribution in [0.15, 0.2) is 0 Å². The van der Waals surface area contributed by atoms with E-state index in [1.807, 2.05) is 0 Å². The minimum Gasteiger partial charge on any atom is -0.379 e. The van der Waals surface area contributed by atoms with E-state index in [1.165, 1.54) is 102 Å². The first-order valence-electron chi connectivity index (χ1n) is 16.2. The molecule has 0 fully saturated rings. The van der Waals surface area contributed by atoms with E-state index in [9.17, 15) is 14.3 Å². The van der Waals surface area contributed by atoms with Crippen LogP contribution in [0.1, 0.15) is 129 Å². The topological polar surface area (TPSA) is 85.3 Å². The number of carbonyl (C=O) groups excluding carboxylic acids is 1. The summed E-state index contributed by atoms with van der Waals surface area (Å²) in [5, 5.41) is 0. The van der Waals surface area contributed by atoms with Gasteiger partial charge in [-0.2, -0.15) is 0 Å². The molecular formula is C31H66N2O6P+. The molecule has 9 heteroatoms. The minimum atomic E-state index is -4.23. The monoisotopic (exact) mass is 593 g/mol. The number of phosphoric acid groups is 1. The average molecular weight is 594 g/mol. The number of ether oxygens (including phenoxy) is 1. The lowest BCUT2D eigenvalue weighted by Crippen LogP contribution is -2.36. The van der Waals surface area contributed by atoms with Crippen molar-refractivity contribution < 1.29 is 32.5 Å². The second-order valence-electron chi connectivity index (χ2n) is 12.5. The number of phosphoric ester groups is 1. The molecule has 0 bridgehead atoms. The SMILES string of the molecule is CCCCCCCCCCCCCCCCCCOCC(CN(C)C(C)=O)OP(=O)(O)OCCCC[N+](C)(C)C. The van der Waals surface area contributed by atoms with Gasteiger partial charge in [0.05, 0.1) is 40.9 Å². The van der Waals surface area contributed by atoms with Crippen LogP contribution in [-0.4, -0.2) is 87.4 Å². The van der Waals surface area contributed by atoms with Gasteiger partial charge in [-0.15, -0.1) is 0 Å². The van der Waals surface area contributed by atoms with Crippen molar-refractivity contribution in [3.63, 3.8) is 0 Å². The third-order valence-electron chi connectivity index (χ3n) is 7.22. The van der Waals surface area contributed by atoms with Crippen LogP contribution in [0.2, 0.25) is 0 Å². The van der Waals surface area contributed by atoms with Gasteiger partial charge in [-0.05, 0) is 19.3 Å². The predicted octanol–water partition coefficient (Wildman–Crippen LogP) is 7.73. The quantitative estimate of drug-likeness (QED) is 0.0543. The second kappa shape index (κ2) is 25.0. The molecule has 2 atom stereocenters. The lowest BCUT2D eigenvalue weighted by Gasteiger charge is -2.25. The van der Waals surface area contributed by atoms with Gasteiger partial charge in [0.15, 0.2) is 0 Å². The highest BCUT2D eigenvalue weighted by molar-refractivity contribution is 7.47. The van der Waals surface area contributed by atoms with Gasteiger partial charge in [-0.3, -0.25) is 13.8 Å². The van der Waals surface area contributed by atoms with Crippen LogP contribution < -0.4 is 0 Å². The van der Waals surface area contributed by atoms with Crippen molar-refractivity contribution in [3.8, 4) is 0 Å². The van der Waals surface area contributed by atoms with E-state index in [0.29, 0.717) is 13.0 Å². The molecule has 240 valence electrons. The zero-order chi connectivity index (χ0) is 30.1. The van der Waals surface area contributed by atoms with Gasteiger partial charge in [-0.1, -0.05) is 103 Å². The number of quaternary nitrogens is 1. The molecule has 8 nitrogen and oxygen atoms in total. The van der Waals surface area contributed by atoms with Gasteiger partial charge in [0, 0.05) is 27.1 Å². The molecule has 0 aliphatic rings.